The fraction of sp³-hybridized carbons (Fsp3) is 0.217. The maximum Gasteiger partial charge on any atom is 0.320 e. The molecule has 9 heteroatoms. The molecule has 2 atom stereocenters. The van der Waals surface area contributed by atoms with E-state index in [1.165, 1.54) is 12.3 Å². The van der Waals surface area contributed by atoms with Crippen LogP contribution in [-0.2, 0) is 17.2 Å². The lowest BCUT2D eigenvalue weighted by Crippen LogP contribution is -2.35. The number of fused-ring (bicyclic) bond motifs is 1. The molecule has 2 amide bonds. The van der Waals surface area contributed by atoms with E-state index in [1.54, 1.807) is 12.3 Å². The summed E-state index contributed by atoms with van der Waals surface area (Å²) in [6.45, 7) is 2.00. The number of benzene rings is 1. The Bertz CT molecular complexity index is 1210. The highest BCUT2D eigenvalue weighted by Crippen LogP contribution is 2.29. The summed E-state index contributed by atoms with van der Waals surface area (Å²) in [5, 5.41) is 14.1. The molecule has 0 aliphatic carbocycles. The first kappa shape index (κ1) is 21.6. The third-order valence-corrected chi connectivity index (χ3v) is 6.82. The molecular formula is C23H24N6O2S. The zero-order valence-corrected chi connectivity index (χ0v) is 18.4. The molecular weight excluding hydrogens is 424 g/mol. The molecule has 4 rings (SSSR count). The van der Waals surface area contributed by atoms with Crippen molar-refractivity contribution in [3.8, 4) is 0 Å². The van der Waals surface area contributed by atoms with Crippen molar-refractivity contribution in [2.75, 3.05) is 16.8 Å². The van der Waals surface area contributed by atoms with Gasteiger partial charge in [0.25, 0.3) is 0 Å². The Morgan fingerprint density at radius 2 is 2.06 bits per heavy atom. The summed E-state index contributed by atoms with van der Waals surface area (Å²) in [6, 6.07) is 11.9. The minimum Gasteiger partial charge on any atom is -0.398 e. The normalized spacial score (nSPS) is 17.3. The number of aromatic nitrogens is 2. The number of nitrogens with zero attached hydrogens (tertiary/aromatic N) is 2. The van der Waals surface area contributed by atoms with Crippen LogP contribution in [0.2, 0.25) is 0 Å². The van der Waals surface area contributed by atoms with Gasteiger partial charge in [-0.15, -0.1) is 0 Å². The van der Waals surface area contributed by atoms with Crippen LogP contribution < -0.4 is 16.4 Å². The van der Waals surface area contributed by atoms with Crippen LogP contribution in [0.5, 0.6) is 0 Å². The van der Waals surface area contributed by atoms with Gasteiger partial charge in [-0.2, -0.15) is 0 Å². The van der Waals surface area contributed by atoms with Crippen molar-refractivity contribution in [2.45, 2.75) is 30.7 Å². The Balaban J connectivity index is 1.46. The van der Waals surface area contributed by atoms with Crippen LogP contribution in [0.15, 0.2) is 59.8 Å². The van der Waals surface area contributed by atoms with Gasteiger partial charge in [-0.3, -0.25) is 19.9 Å². The second-order valence-electron chi connectivity index (χ2n) is 7.45. The zero-order chi connectivity index (χ0) is 22.7. The summed E-state index contributed by atoms with van der Waals surface area (Å²) < 4.78 is 12.2. The molecule has 0 saturated heterocycles. The first-order valence-electron chi connectivity index (χ1n) is 10.3. The molecule has 164 valence electrons. The number of hydrogen-bond donors (Lipinski definition) is 4. The maximum atomic E-state index is 12.6. The molecule has 3 heterocycles. The van der Waals surface area contributed by atoms with Gasteiger partial charge in [0.15, 0.2) is 0 Å². The minimum atomic E-state index is -1.04. The van der Waals surface area contributed by atoms with Gasteiger partial charge in [-0.05, 0) is 36.6 Å². The Kier molecular flexibility index (Phi) is 6.27. The molecule has 1 aliphatic heterocycles. The molecule has 8 nitrogen and oxygen atoms in total. The van der Waals surface area contributed by atoms with Crippen LogP contribution in [-0.4, -0.2) is 31.7 Å². The standard InChI is InChI=1S/C23H24N6O2S/c1-2-15-11-14(7-9-26-15)22(25)17-13-27-21(12-18(17)24)29-23(30)28-19-8-10-32(31)20-6-4-3-5-16(19)20/h3-7,9,11-13,19,25H,2,8,10H2,1H3,(H4,24,27,28,29,30). The van der Waals surface area contributed by atoms with Crippen molar-refractivity contribution < 1.29 is 9.00 Å². The number of hydrogen-bond acceptors (Lipinski definition) is 6. The second kappa shape index (κ2) is 9.27. The number of nitrogen functional groups attached to an aromatic ring is 1. The molecule has 0 radical (unpaired) electrons. The van der Waals surface area contributed by atoms with E-state index in [9.17, 15) is 9.00 Å². The Morgan fingerprint density at radius 1 is 1.25 bits per heavy atom. The van der Waals surface area contributed by atoms with E-state index in [0.29, 0.717) is 29.0 Å². The van der Waals surface area contributed by atoms with Crippen LogP contribution >= 0.6 is 0 Å². The van der Waals surface area contributed by atoms with E-state index >= 15 is 0 Å². The predicted molar refractivity (Wildman–Crippen MR) is 125 cm³/mol. The molecule has 32 heavy (non-hydrogen) atoms. The van der Waals surface area contributed by atoms with Crippen molar-refractivity contribution >= 4 is 34.0 Å². The topological polar surface area (TPSA) is 134 Å². The fourth-order valence-corrected chi connectivity index (χ4v) is 5.03. The van der Waals surface area contributed by atoms with E-state index in [2.05, 4.69) is 20.6 Å². The molecule has 2 unspecified atom stereocenters. The largest absolute Gasteiger partial charge is 0.398 e. The van der Waals surface area contributed by atoms with Crippen molar-refractivity contribution in [3.63, 3.8) is 0 Å². The van der Waals surface area contributed by atoms with Crippen LogP contribution in [0.3, 0.4) is 0 Å². The number of rotatable bonds is 5. The predicted octanol–water partition coefficient (Wildman–Crippen LogP) is 3.41. The van der Waals surface area contributed by atoms with Crippen molar-refractivity contribution in [2.24, 2.45) is 0 Å². The first-order chi connectivity index (χ1) is 15.5. The second-order valence-corrected chi connectivity index (χ2v) is 8.99. The number of anilines is 2. The Hall–Kier alpha value is -3.59. The maximum absolute atomic E-state index is 12.6. The number of carbonyl (C=O) groups is 1. The first-order valence-corrected chi connectivity index (χ1v) is 11.6. The molecule has 5 N–H and O–H groups in total. The Labute approximate surface area is 188 Å². The highest BCUT2D eigenvalue weighted by atomic mass is 32.2. The van der Waals surface area contributed by atoms with Gasteiger partial charge in [-0.1, -0.05) is 25.1 Å². The van der Waals surface area contributed by atoms with Crippen molar-refractivity contribution in [3.05, 3.63) is 77.2 Å². The summed E-state index contributed by atoms with van der Waals surface area (Å²) in [7, 11) is -1.04. The van der Waals surface area contributed by atoms with Crippen LogP contribution in [0.1, 0.15) is 41.8 Å². The van der Waals surface area contributed by atoms with E-state index < -0.39 is 16.8 Å². The van der Waals surface area contributed by atoms with Gasteiger partial charge < -0.3 is 11.1 Å². The number of urea groups is 1. The van der Waals surface area contributed by atoms with Crippen LogP contribution in [0.4, 0.5) is 16.3 Å². The Morgan fingerprint density at radius 3 is 2.84 bits per heavy atom. The van der Waals surface area contributed by atoms with Crippen LogP contribution in [0.25, 0.3) is 0 Å². The lowest BCUT2D eigenvalue weighted by molar-refractivity contribution is 0.248. The smallest absolute Gasteiger partial charge is 0.320 e. The number of carbonyl (C=O) groups excluding carboxylic acids is 1. The summed E-state index contributed by atoms with van der Waals surface area (Å²) in [5.74, 6) is 0.784. The van der Waals surface area contributed by atoms with Crippen LogP contribution in [0, 0.1) is 5.41 Å². The van der Waals surface area contributed by atoms with Gasteiger partial charge in [0.2, 0.25) is 0 Å². The summed E-state index contributed by atoms with van der Waals surface area (Å²) in [6.07, 6.45) is 4.52. The molecule has 1 aliphatic rings. The highest BCUT2D eigenvalue weighted by molar-refractivity contribution is 7.85. The highest BCUT2D eigenvalue weighted by Gasteiger charge is 2.25. The number of pyridine rings is 2. The van der Waals surface area contributed by atoms with Crippen molar-refractivity contribution in [1.29, 1.82) is 5.41 Å². The molecule has 0 saturated carbocycles. The molecule has 3 aromatic rings. The molecule has 1 aromatic carbocycles. The van der Waals surface area contributed by atoms with E-state index in [-0.39, 0.29) is 17.6 Å². The molecule has 0 bridgehead atoms. The lowest BCUT2D eigenvalue weighted by Gasteiger charge is -2.25. The summed E-state index contributed by atoms with van der Waals surface area (Å²) in [4.78, 5) is 21.8. The summed E-state index contributed by atoms with van der Waals surface area (Å²) in [5.41, 5.74) is 9.70. The third-order valence-electron chi connectivity index (χ3n) is 5.35. The van der Waals surface area contributed by atoms with E-state index in [1.807, 2.05) is 37.3 Å². The van der Waals surface area contributed by atoms with Gasteiger partial charge in [0.1, 0.15) is 5.82 Å². The fourth-order valence-electron chi connectivity index (χ4n) is 3.66. The number of amides is 2. The third kappa shape index (κ3) is 4.52. The monoisotopic (exact) mass is 448 g/mol. The van der Waals surface area contributed by atoms with Gasteiger partial charge in [-0.25, -0.2) is 9.78 Å². The molecule has 0 fully saturated rings. The quantitative estimate of drug-likeness (QED) is 0.444. The average Bonchev–Trinajstić information content (AvgIpc) is 2.81. The van der Waals surface area contributed by atoms with Gasteiger partial charge >= 0.3 is 6.03 Å². The van der Waals surface area contributed by atoms with Gasteiger partial charge in [0, 0.05) is 51.6 Å². The van der Waals surface area contributed by atoms with E-state index in [0.717, 1.165) is 22.6 Å². The number of aryl methyl sites for hydroxylation is 1. The van der Waals surface area contributed by atoms with E-state index in [4.69, 9.17) is 11.1 Å². The number of nitrogens with two attached hydrogens (primary N) is 1. The van der Waals surface area contributed by atoms with Crippen molar-refractivity contribution in [1.82, 2.24) is 15.3 Å². The number of nitrogens with one attached hydrogen (secondary N) is 3. The zero-order valence-electron chi connectivity index (χ0n) is 17.6. The average molecular weight is 449 g/mol. The molecule has 2 aromatic heterocycles. The van der Waals surface area contributed by atoms with Gasteiger partial charge in [0.05, 0.1) is 22.6 Å². The minimum absolute atomic E-state index is 0.229. The summed E-state index contributed by atoms with van der Waals surface area (Å²) >= 11 is 0. The molecule has 0 spiro atoms. The lowest BCUT2D eigenvalue weighted by atomic mass is 10.0. The SMILES string of the molecule is CCc1cc(C(=N)c2cnc(NC(=O)NC3CCS(=O)c4ccccc43)cc2N)ccn1.